The average Bonchev–Trinajstić information content (AvgIpc) is 2.01. The highest BCUT2D eigenvalue weighted by atomic mass is 35.5. The molecular formula is C11H23ClN2. The highest BCUT2D eigenvalue weighted by Gasteiger charge is 1.90. The molecule has 0 spiro atoms. The Balaban J connectivity index is 0. The van der Waals surface area contributed by atoms with E-state index in [9.17, 15) is 0 Å². The molecule has 84 valence electrons. The second-order valence-corrected chi connectivity index (χ2v) is 4.23. The molecule has 0 aromatic heterocycles. The van der Waals surface area contributed by atoms with Crippen LogP contribution in [0.4, 0.5) is 0 Å². The molecule has 0 aromatic rings. The fraction of sp³-hybridized carbons (Fsp3) is 0.909. The molecule has 0 aliphatic heterocycles. The Labute approximate surface area is 94.3 Å². The highest BCUT2D eigenvalue weighted by molar-refractivity contribution is 5.85. The van der Waals surface area contributed by atoms with E-state index in [1.54, 1.807) is 0 Å². The Morgan fingerprint density at radius 2 is 1.21 bits per heavy atom. The molecule has 3 heteroatoms. The molecule has 0 heterocycles. The van der Waals surface area contributed by atoms with Gasteiger partial charge in [-0.2, -0.15) is 0 Å². The number of aliphatic imine (C=N–C) groups is 2. The minimum atomic E-state index is 0. The summed E-state index contributed by atoms with van der Waals surface area (Å²) in [5.74, 6) is 1.45. The molecule has 0 atom stereocenters. The zero-order valence-corrected chi connectivity index (χ0v) is 10.6. The van der Waals surface area contributed by atoms with Gasteiger partial charge in [0.05, 0.1) is 19.1 Å². The standard InChI is InChI=1S/C11H22N2.ClH/c1-10(2)5-7-12-9-13-8-6-11(3)4;/h10-11H,5-8H2,1-4H3;1H. The first kappa shape index (κ1) is 16.1. The van der Waals surface area contributed by atoms with Crippen molar-refractivity contribution in [2.75, 3.05) is 13.1 Å². The molecule has 14 heavy (non-hydrogen) atoms. The fourth-order valence-electron chi connectivity index (χ4n) is 0.795. The largest absolute Gasteiger partial charge is 0.226 e. The Morgan fingerprint density at radius 3 is 1.50 bits per heavy atom. The molecule has 0 unspecified atom stereocenters. The number of hydrogen-bond acceptors (Lipinski definition) is 2. The van der Waals surface area contributed by atoms with Gasteiger partial charge in [0.1, 0.15) is 0 Å². The van der Waals surface area contributed by atoms with E-state index in [0.717, 1.165) is 37.8 Å². The molecular weight excluding hydrogens is 196 g/mol. The van der Waals surface area contributed by atoms with E-state index in [0.29, 0.717) is 0 Å². The SMILES string of the molecule is CC(C)CCN=C=NCCC(C)C.Cl. The Morgan fingerprint density at radius 1 is 0.857 bits per heavy atom. The first-order valence-electron chi connectivity index (χ1n) is 5.21. The molecule has 0 aliphatic carbocycles. The van der Waals surface area contributed by atoms with Crippen molar-refractivity contribution in [1.29, 1.82) is 0 Å². The van der Waals surface area contributed by atoms with E-state index in [1.165, 1.54) is 0 Å². The molecule has 2 nitrogen and oxygen atoms in total. The first-order valence-corrected chi connectivity index (χ1v) is 5.21. The second kappa shape index (κ2) is 10.7. The third kappa shape index (κ3) is 14.2. The van der Waals surface area contributed by atoms with Crippen molar-refractivity contribution in [3.63, 3.8) is 0 Å². The predicted octanol–water partition coefficient (Wildman–Crippen LogP) is 3.67. The molecule has 0 saturated carbocycles. The summed E-state index contributed by atoms with van der Waals surface area (Å²) >= 11 is 0. The number of hydrogen-bond donors (Lipinski definition) is 0. The Bertz CT molecular complexity index is 154. The predicted molar refractivity (Wildman–Crippen MR) is 65.8 cm³/mol. The van der Waals surface area contributed by atoms with Gasteiger partial charge in [-0.15, -0.1) is 12.4 Å². The van der Waals surface area contributed by atoms with Crippen LogP contribution in [0.3, 0.4) is 0 Å². The summed E-state index contributed by atoms with van der Waals surface area (Å²) in [4.78, 5) is 8.18. The van der Waals surface area contributed by atoms with Crippen LogP contribution >= 0.6 is 12.4 Å². The lowest BCUT2D eigenvalue weighted by molar-refractivity contribution is 0.594. The van der Waals surface area contributed by atoms with Gasteiger partial charge in [-0.1, -0.05) is 27.7 Å². The monoisotopic (exact) mass is 218 g/mol. The molecule has 0 aromatic carbocycles. The van der Waals surface area contributed by atoms with Gasteiger partial charge in [-0.3, -0.25) is 0 Å². The average molecular weight is 219 g/mol. The Hall–Kier alpha value is -0.330. The van der Waals surface area contributed by atoms with Crippen LogP contribution in [0.2, 0.25) is 0 Å². The maximum absolute atomic E-state index is 4.09. The van der Waals surface area contributed by atoms with Crippen LogP contribution < -0.4 is 0 Å². The molecule has 0 aliphatic rings. The summed E-state index contributed by atoms with van der Waals surface area (Å²) in [7, 11) is 0. The number of nitrogens with zero attached hydrogens (tertiary/aromatic N) is 2. The second-order valence-electron chi connectivity index (χ2n) is 4.23. The lowest BCUT2D eigenvalue weighted by Gasteiger charge is -1.97. The third-order valence-electron chi connectivity index (χ3n) is 1.78. The molecule has 0 bridgehead atoms. The van der Waals surface area contributed by atoms with Crippen LogP contribution in [0.5, 0.6) is 0 Å². The van der Waals surface area contributed by atoms with Crippen molar-refractivity contribution < 1.29 is 0 Å². The van der Waals surface area contributed by atoms with Crippen LogP contribution in [0.15, 0.2) is 9.98 Å². The van der Waals surface area contributed by atoms with E-state index in [4.69, 9.17) is 0 Å². The van der Waals surface area contributed by atoms with Crippen LogP contribution in [-0.2, 0) is 0 Å². The lowest BCUT2D eigenvalue weighted by Crippen LogP contribution is -1.91. The van der Waals surface area contributed by atoms with Gasteiger partial charge in [-0.25, -0.2) is 9.98 Å². The minimum Gasteiger partial charge on any atom is -0.226 e. The zero-order chi connectivity index (χ0) is 10.1. The van der Waals surface area contributed by atoms with Crippen molar-refractivity contribution >= 4 is 18.4 Å². The normalized spacial score (nSPS) is 9.57. The van der Waals surface area contributed by atoms with Crippen molar-refractivity contribution in [1.82, 2.24) is 0 Å². The van der Waals surface area contributed by atoms with E-state index in [2.05, 4.69) is 43.7 Å². The van der Waals surface area contributed by atoms with Gasteiger partial charge in [0.25, 0.3) is 0 Å². The summed E-state index contributed by atoms with van der Waals surface area (Å²) in [5, 5.41) is 0. The zero-order valence-electron chi connectivity index (χ0n) is 9.79. The molecule has 0 N–H and O–H groups in total. The van der Waals surface area contributed by atoms with Crippen LogP contribution in [0.25, 0.3) is 0 Å². The molecule has 0 rings (SSSR count). The first-order chi connectivity index (χ1) is 6.13. The minimum absolute atomic E-state index is 0. The van der Waals surface area contributed by atoms with Gasteiger partial charge in [0, 0.05) is 0 Å². The molecule has 0 radical (unpaired) electrons. The molecule has 0 saturated heterocycles. The van der Waals surface area contributed by atoms with Gasteiger partial charge < -0.3 is 0 Å². The lowest BCUT2D eigenvalue weighted by atomic mass is 10.1. The topological polar surface area (TPSA) is 24.7 Å². The van der Waals surface area contributed by atoms with Crippen LogP contribution in [0.1, 0.15) is 40.5 Å². The highest BCUT2D eigenvalue weighted by Crippen LogP contribution is 1.98. The van der Waals surface area contributed by atoms with Crippen molar-refractivity contribution in [2.24, 2.45) is 21.8 Å². The molecule has 0 fully saturated rings. The summed E-state index contributed by atoms with van der Waals surface area (Å²) in [5.41, 5.74) is 0. The van der Waals surface area contributed by atoms with Crippen molar-refractivity contribution in [3.8, 4) is 0 Å². The molecule has 0 amide bonds. The quantitative estimate of drug-likeness (QED) is 0.608. The summed E-state index contributed by atoms with van der Waals surface area (Å²) in [6, 6.07) is 2.75. The Kier molecular flexibility index (Phi) is 12.4. The number of rotatable bonds is 6. The van der Waals surface area contributed by atoms with Gasteiger partial charge >= 0.3 is 0 Å². The summed E-state index contributed by atoms with van der Waals surface area (Å²) in [6.45, 7) is 10.5. The maximum Gasteiger partial charge on any atom is 0.0892 e. The van der Waals surface area contributed by atoms with Crippen LogP contribution in [-0.4, -0.2) is 19.1 Å². The summed E-state index contributed by atoms with van der Waals surface area (Å²) in [6.07, 6.45) is 2.26. The van der Waals surface area contributed by atoms with E-state index in [-0.39, 0.29) is 12.4 Å². The van der Waals surface area contributed by atoms with Crippen molar-refractivity contribution in [3.05, 3.63) is 0 Å². The smallest absolute Gasteiger partial charge is 0.0892 e. The van der Waals surface area contributed by atoms with Gasteiger partial charge in [0.15, 0.2) is 0 Å². The fourth-order valence-corrected chi connectivity index (χ4v) is 0.795. The summed E-state index contributed by atoms with van der Waals surface area (Å²) < 4.78 is 0. The van der Waals surface area contributed by atoms with Gasteiger partial charge in [0.2, 0.25) is 0 Å². The maximum atomic E-state index is 4.09. The van der Waals surface area contributed by atoms with E-state index < -0.39 is 0 Å². The number of halogens is 1. The van der Waals surface area contributed by atoms with Gasteiger partial charge in [-0.05, 0) is 24.7 Å². The van der Waals surface area contributed by atoms with Crippen molar-refractivity contribution in [2.45, 2.75) is 40.5 Å². The van der Waals surface area contributed by atoms with Crippen LogP contribution in [0, 0.1) is 11.8 Å². The van der Waals surface area contributed by atoms with E-state index in [1.807, 2.05) is 0 Å². The van der Waals surface area contributed by atoms with E-state index >= 15 is 0 Å². The third-order valence-corrected chi connectivity index (χ3v) is 1.78.